The topological polar surface area (TPSA) is 190 Å². The summed E-state index contributed by atoms with van der Waals surface area (Å²) in [6.07, 6.45) is 1.57. The molecule has 3 saturated heterocycles. The Balaban J connectivity index is 1.05. The van der Waals surface area contributed by atoms with Crippen molar-refractivity contribution in [2.75, 3.05) is 26.8 Å². The van der Waals surface area contributed by atoms with Crippen molar-refractivity contribution < 1.29 is 47.0 Å². The van der Waals surface area contributed by atoms with Crippen molar-refractivity contribution in [2.24, 2.45) is 17.6 Å². The first-order valence-corrected chi connectivity index (χ1v) is 18.0. The maximum atomic E-state index is 15.8. The fourth-order valence-electron chi connectivity index (χ4n) is 7.75. The number of benzene rings is 2. The predicted octanol–water partition coefficient (Wildman–Crippen LogP) is 2.39. The van der Waals surface area contributed by atoms with Gasteiger partial charge in [-0.25, -0.2) is 13.8 Å². The number of nitrogens with zero attached hydrogens (tertiary/aromatic N) is 3. The number of aromatic nitrogens is 1. The number of fused-ring (bicyclic) bond motifs is 2. The van der Waals surface area contributed by atoms with Gasteiger partial charge < -0.3 is 20.5 Å². The number of carbonyl (C=O) groups is 6. The Hall–Kier alpha value is -5.95. The monoisotopic (exact) mass is 756 g/mol. The molecule has 7 rings (SSSR count). The zero-order valence-corrected chi connectivity index (χ0v) is 30.1. The number of halogens is 2. The van der Waals surface area contributed by atoms with Gasteiger partial charge in [-0.2, -0.15) is 0 Å². The number of nitrogens with one attached hydrogen (secondary N) is 2. The zero-order chi connectivity index (χ0) is 39.1. The predicted molar refractivity (Wildman–Crippen MR) is 191 cm³/mol. The molecule has 4 aliphatic heterocycles. The number of pyridine rings is 1. The van der Waals surface area contributed by atoms with E-state index in [-0.39, 0.29) is 65.8 Å². The first-order chi connectivity index (χ1) is 26.4. The number of methoxy groups -OCH3 is 1. The van der Waals surface area contributed by atoms with E-state index in [2.05, 4.69) is 27.5 Å². The maximum absolute atomic E-state index is 15.8. The molecule has 4 aliphatic rings. The maximum Gasteiger partial charge on any atom is 0.265 e. The molecule has 2 aromatic carbocycles. The van der Waals surface area contributed by atoms with E-state index in [1.807, 2.05) is 4.90 Å². The summed E-state index contributed by atoms with van der Waals surface area (Å²) in [5, 5.41) is 5.79. The number of imide groups is 2. The lowest BCUT2D eigenvalue weighted by Crippen LogP contribution is -2.54. The van der Waals surface area contributed by atoms with Gasteiger partial charge in [-0.3, -0.25) is 43.9 Å². The van der Waals surface area contributed by atoms with Crippen LogP contribution in [-0.2, 0) is 20.9 Å². The van der Waals surface area contributed by atoms with Crippen molar-refractivity contribution >= 4 is 46.2 Å². The van der Waals surface area contributed by atoms with Crippen molar-refractivity contribution in [1.29, 1.82) is 0 Å². The van der Waals surface area contributed by atoms with Crippen LogP contribution in [0.4, 0.5) is 8.78 Å². The highest BCUT2D eigenvalue weighted by atomic mass is 19.1. The van der Waals surface area contributed by atoms with Gasteiger partial charge in [-0.15, -0.1) is 0 Å². The van der Waals surface area contributed by atoms with E-state index in [1.54, 1.807) is 19.1 Å². The standard InChI is InChI=1S/C39H38F2N6O8/c1-3-22-27(44-36(51)33(22)41)18-55-37-25-15-29(54-2)26(34(42)49)14-24(25)20(16-43-37)5-4-19-10-12-46(13-11-19)17-21-6-7-23-31(32(21)40)39(53)47(38(23)52)28-8-9-30(48)45-35(28)50/h6-7,14-16,19,22,27-28,33H,3,8-13,17-18H2,1-2H3,(H2,42,49)(H,44,51)(H,45,48,50)/t22-,27+,28?,33-/m0/s1. The molecular weight excluding hydrogens is 718 g/mol. The molecule has 4 N–H and O–H groups in total. The highest BCUT2D eigenvalue weighted by Gasteiger charge is 2.46. The van der Waals surface area contributed by atoms with Crippen molar-refractivity contribution in [3.05, 3.63) is 64.1 Å². The minimum atomic E-state index is -1.62. The lowest BCUT2D eigenvalue weighted by Gasteiger charge is -2.30. The molecule has 14 nitrogen and oxygen atoms in total. The van der Waals surface area contributed by atoms with Crippen LogP contribution in [0.2, 0.25) is 0 Å². The van der Waals surface area contributed by atoms with E-state index in [1.165, 1.54) is 25.4 Å². The van der Waals surface area contributed by atoms with E-state index in [4.69, 9.17) is 15.2 Å². The van der Waals surface area contributed by atoms with E-state index < -0.39 is 65.4 Å². The normalized spacial score (nSPS) is 23.0. The number of alkyl halides is 1. The Bertz CT molecular complexity index is 2210. The second-order valence-corrected chi connectivity index (χ2v) is 14.1. The number of hydrogen-bond acceptors (Lipinski definition) is 10. The summed E-state index contributed by atoms with van der Waals surface area (Å²) >= 11 is 0. The second-order valence-electron chi connectivity index (χ2n) is 14.1. The van der Waals surface area contributed by atoms with Gasteiger partial charge in [0, 0.05) is 47.3 Å². The minimum Gasteiger partial charge on any atom is -0.496 e. The van der Waals surface area contributed by atoms with Crippen LogP contribution < -0.4 is 25.8 Å². The molecule has 5 heterocycles. The summed E-state index contributed by atoms with van der Waals surface area (Å²) in [7, 11) is 1.40. The molecule has 4 atom stereocenters. The molecule has 3 fully saturated rings. The summed E-state index contributed by atoms with van der Waals surface area (Å²) in [4.78, 5) is 81.8. The largest absolute Gasteiger partial charge is 0.496 e. The van der Waals surface area contributed by atoms with Crippen molar-refractivity contribution in [3.63, 3.8) is 0 Å². The van der Waals surface area contributed by atoms with Crippen LogP contribution in [0.15, 0.2) is 30.5 Å². The third-order valence-corrected chi connectivity index (χ3v) is 10.8. The van der Waals surface area contributed by atoms with Gasteiger partial charge in [0.2, 0.25) is 17.7 Å². The van der Waals surface area contributed by atoms with Crippen LogP contribution in [-0.4, -0.2) is 95.3 Å². The van der Waals surface area contributed by atoms with Gasteiger partial charge in [-0.05, 0) is 57.0 Å². The second kappa shape index (κ2) is 15.1. The molecular formula is C39H38F2N6O8. The molecule has 1 unspecified atom stereocenters. The van der Waals surface area contributed by atoms with Crippen LogP contribution in [0.3, 0.4) is 0 Å². The van der Waals surface area contributed by atoms with Crippen LogP contribution in [0, 0.1) is 29.5 Å². The minimum absolute atomic E-state index is 0.0250. The molecule has 55 heavy (non-hydrogen) atoms. The number of hydrogen-bond donors (Lipinski definition) is 3. The first-order valence-electron chi connectivity index (χ1n) is 18.0. The smallest absolute Gasteiger partial charge is 0.265 e. The highest BCUT2D eigenvalue weighted by Crippen LogP contribution is 2.35. The number of nitrogens with two attached hydrogens (primary N) is 1. The Morgan fingerprint density at radius 2 is 1.82 bits per heavy atom. The van der Waals surface area contributed by atoms with Crippen molar-refractivity contribution in [2.45, 2.75) is 63.8 Å². The summed E-state index contributed by atoms with van der Waals surface area (Å²) in [5.74, 6) is 1.18. The molecule has 0 radical (unpaired) electrons. The van der Waals surface area contributed by atoms with E-state index >= 15 is 4.39 Å². The molecule has 1 aromatic heterocycles. The third kappa shape index (κ3) is 6.95. The number of primary amides is 1. The molecule has 0 bridgehead atoms. The lowest BCUT2D eigenvalue weighted by molar-refractivity contribution is -0.136. The van der Waals surface area contributed by atoms with Crippen LogP contribution in [0.1, 0.15) is 81.2 Å². The molecule has 6 amide bonds. The SMILES string of the molecule is CC[C@@H]1[C@H](F)C(=O)N[C@@H]1COc1ncc(C#CC2CCN(Cc3ccc4c(c3F)C(=O)N(C3CCC(=O)NC3=O)C4=O)CC2)c2cc(C(N)=O)c(OC)cc12. The van der Waals surface area contributed by atoms with E-state index in [0.717, 1.165) is 4.90 Å². The van der Waals surface area contributed by atoms with Crippen LogP contribution in [0.5, 0.6) is 11.6 Å². The molecule has 0 aliphatic carbocycles. The van der Waals surface area contributed by atoms with Crippen LogP contribution >= 0.6 is 0 Å². The summed E-state index contributed by atoms with van der Waals surface area (Å²) < 4.78 is 41.7. The fraction of sp³-hybridized carbons (Fsp3) is 0.410. The average Bonchev–Trinajstić information content (AvgIpc) is 3.59. The molecule has 16 heteroatoms. The van der Waals surface area contributed by atoms with E-state index in [0.29, 0.717) is 48.7 Å². The Labute approximate surface area is 314 Å². The Kier molecular flexibility index (Phi) is 10.2. The van der Waals surface area contributed by atoms with Crippen LogP contribution in [0.25, 0.3) is 10.8 Å². The number of amides is 6. The molecule has 0 spiro atoms. The van der Waals surface area contributed by atoms with Gasteiger partial charge >= 0.3 is 0 Å². The van der Waals surface area contributed by atoms with Crippen molar-refractivity contribution in [3.8, 4) is 23.5 Å². The van der Waals surface area contributed by atoms with Gasteiger partial charge in [0.15, 0.2) is 6.17 Å². The summed E-state index contributed by atoms with van der Waals surface area (Å²) in [5.41, 5.74) is 6.04. The number of piperidine rings is 2. The Morgan fingerprint density at radius 1 is 1.05 bits per heavy atom. The molecule has 286 valence electrons. The fourth-order valence-corrected chi connectivity index (χ4v) is 7.75. The number of rotatable bonds is 9. The summed E-state index contributed by atoms with van der Waals surface area (Å²) in [6.45, 7) is 3.09. The van der Waals surface area contributed by atoms with Gasteiger partial charge in [0.1, 0.15) is 24.2 Å². The molecule has 3 aromatic rings. The van der Waals surface area contributed by atoms with Gasteiger partial charge in [-0.1, -0.05) is 24.8 Å². The number of ether oxygens (including phenoxy) is 2. The Morgan fingerprint density at radius 3 is 2.51 bits per heavy atom. The number of carbonyl (C=O) groups excluding carboxylic acids is 6. The average molecular weight is 757 g/mol. The summed E-state index contributed by atoms with van der Waals surface area (Å²) in [6, 6.07) is 4.28. The third-order valence-electron chi connectivity index (χ3n) is 10.8. The molecule has 0 saturated carbocycles. The zero-order valence-electron chi connectivity index (χ0n) is 30.1. The van der Waals surface area contributed by atoms with E-state index in [9.17, 15) is 33.2 Å². The van der Waals surface area contributed by atoms with Crippen molar-refractivity contribution in [1.82, 2.24) is 25.4 Å². The van der Waals surface area contributed by atoms with Gasteiger partial charge in [0.25, 0.3) is 23.6 Å². The lowest BCUT2D eigenvalue weighted by atomic mass is 9.95. The first kappa shape index (κ1) is 37.4. The quantitative estimate of drug-likeness (QED) is 0.216. The number of likely N-dealkylation sites (tertiary alicyclic amines) is 1. The highest BCUT2D eigenvalue weighted by molar-refractivity contribution is 6.23. The van der Waals surface area contributed by atoms with Gasteiger partial charge in [0.05, 0.1) is 35.4 Å².